The first-order valence-corrected chi connectivity index (χ1v) is 14.1. The summed E-state index contributed by atoms with van der Waals surface area (Å²) in [5, 5.41) is 9.50. The van der Waals surface area contributed by atoms with Gasteiger partial charge in [-0.2, -0.15) is 9.89 Å². The Balaban J connectivity index is 1.11. The number of anilines is 1. The number of aryl methyl sites for hydroxylation is 1. The van der Waals surface area contributed by atoms with Gasteiger partial charge in [-0.15, -0.1) is 11.3 Å². The van der Waals surface area contributed by atoms with Crippen LogP contribution < -0.4 is 10.1 Å². The number of hydroxylamine groups is 2. The van der Waals surface area contributed by atoms with E-state index in [2.05, 4.69) is 80.0 Å². The molecule has 4 heterocycles. The zero-order valence-electron chi connectivity index (χ0n) is 20.9. The van der Waals surface area contributed by atoms with Crippen molar-refractivity contribution in [3.8, 4) is 22.6 Å². The molecular weight excluding hydrogens is 516 g/mol. The lowest BCUT2D eigenvalue weighted by atomic mass is 10.1. The molecule has 0 saturated carbocycles. The van der Waals surface area contributed by atoms with Gasteiger partial charge in [-0.05, 0) is 18.6 Å². The highest BCUT2D eigenvalue weighted by Crippen LogP contribution is 2.33. The van der Waals surface area contributed by atoms with Crippen LogP contribution in [0.15, 0.2) is 78.4 Å². The van der Waals surface area contributed by atoms with Crippen LogP contribution >= 0.6 is 23.6 Å². The maximum absolute atomic E-state index is 5.81. The van der Waals surface area contributed by atoms with E-state index in [9.17, 15) is 0 Å². The standard InChI is InChI=1S/C27H28N8OS2/c1-20-7-9-22(10-8-20)24-25(35-17-18-37-27(35)31-24)23-11-12-28-26(30-23)29-13-14-34-16-15-33(32-38-36-34)19-21-5-3-2-4-6-21/h2-12,17-18,32H,13-16,19H2,1H3,(H,28,29,30). The molecule has 38 heavy (non-hydrogen) atoms. The molecule has 0 aliphatic carbocycles. The van der Waals surface area contributed by atoms with Gasteiger partial charge in [0, 0.05) is 56.1 Å². The molecule has 5 aromatic rings. The molecule has 9 nitrogen and oxygen atoms in total. The highest BCUT2D eigenvalue weighted by atomic mass is 32.2. The van der Waals surface area contributed by atoms with Crippen LogP contribution in [0.4, 0.5) is 5.95 Å². The highest BCUT2D eigenvalue weighted by molar-refractivity contribution is 7.92. The van der Waals surface area contributed by atoms with Crippen LogP contribution in [0.25, 0.3) is 27.6 Å². The fraction of sp³-hybridized carbons (Fsp3) is 0.222. The molecule has 1 aliphatic rings. The monoisotopic (exact) mass is 544 g/mol. The number of rotatable bonds is 8. The van der Waals surface area contributed by atoms with Gasteiger partial charge in [-0.1, -0.05) is 60.2 Å². The maximum Gasteiger partial charge on any atom is 0.223 e. The SMILES string of the molecule is Cc1ccc(-c2nc3sccn3c2-c2ccnc(NCCN3CCN(Cc4ccccc4)NSO3)n2)cc1. The van der Waals surface area contributed by atoms with Gasteiger partial charge < -0.3 is 5.32 Å². The van der Waals surface area contributed by atoms with Gasteiger partial charge >= 0.3 is 0 Å². The maximum atomic E-state index is 5.81. The molecule has 0 unspecified atom stereocenters. The Labute approximate surface area is 229 Å². The van der Waals surface area contributed by atoms with Crippen molar-refractivity contribution in [3.63, 3.8) is 0 Å². The van der Waals surface area contributed by atoms with Crippen LogP contribution in [0.1, 0.15) is 11.1 Å². The molecule has 194 valence electrons. The van der Waals surface area contributed by atoms with E-state index >= 15 is 0 Å². The Hall–Kier alpha value is -3.32. The Bertz CT molecular complexity index is 1490. The fourth-order valence-corrected chi connectivity index (χ4v) is 5.58. The minimum Gasteiger partial charge on any atom is -0.353 e. The zero-order chi connectivity index (χ0) is 25.7. The van der Waals surface area contributed by atoms with Crippen molar-refractivity contribution >= 4 is 34.5 Å². The van der Waals surface area contributed by atoms with Crippen molar-refractivity contribution in [1.82, 2.24) is 34.3 Å². The normalized spacial score (nSPS) is 15.1. The first-order valence-electron chi connectivity index (χ1n) is 12.5. The summed E-state index contributed by atoms with van der Waals surface area (Å²) in [6.45, 7) is 5.87. The lowest BCUT2D eigenvalue weighted by Crippen LogP contribution is -2.36. The molecule has 1 saturated heterocycles. The zero-order valence-corrected chi connectivity index (χ0v) is 22.6. The molecule has 0 radical (unpaired) electrons. The van der Waals surface area contributed by atoms with E-state index < -0.39 is 0 Å². The largest absolute Gasteiger partial charge is 0.353 e. The summed E-state index contributed by atoms with van der Waals surface area (Å²) >= 11 is 2.85. The van der Waals surface area contributed by atoms with Gasteiger partial charge in [0.1, 0.15) is 17.9 Å². The number of nitrogens with one attached hydrogen (secondary N) is 2. The lowest BCUT2D eigenvalue weighted by Gasteiger charge is -2.19. The van der Waals surface area contributed by atoms with Gasteiger partial charge in [0.2, 0.25) is 5.95 Å². The molecule has 6 rings (SSSR count). The second-order valence-corrected chi connectivity index (χ2v) is 10.4. The average Bonchev–Trinajstić information content (AvgIpc) is 3.47. The minimum absolute atomic E-state index is 0.578. The second kappa shape index (κ2) is 11.6. The van der Waals surface area contributed by atoms with E-state index in [1.54, 1.807) is 17.5 Å². The first kappa shape index (κ1) is 25.0. The first-order chi connectivity index (χ1) is 18.7. The van der Waals surface area contributed by atoms with E-state index in [1.807, 2.05) is 28.8 Å². The Kier molecular flexibility index (Phi) is 7.63. The third-order valence-corrected chi connectivity index (χ3v) is 7.65. The third-order valence-electron chi connectivity index (χ3n) is 6.27. The van der Waals surface area contributed by atoms with Crippen LogP contribution in [0.5, 0.6) is 0 Å². The molecule has 2 aromatic carbocycles. The second-order valence-electron chi connectivity index (χ2n) is 9.01. The number of nitrogens with zero attached hydrogens (tertiary/aromatic N) is 6. The molecule has 1 fully saturated rings. The Morgan fingerprint density at radius 3 is 2.76 bits per heavy atom. The number of hydrogen-bond donors (Lipinski definition) is 2. The number of imidazole rings is 1. The van der Waals surface area contributed by atoms with E-state index in [0.29, 0.717) is 19.0 Å². The van der Waals surface area contributed by atoms with Crippen molar-refractivity contribution in [3.05, 3.63) is 89.6 Å². The smallest absolute Gasteiger partial charge is 0.223 e. The molecule has 0 amide bonds. The summed E-state index contributed by atoms with van der Waals surface area (Å²) in [4.78, 5) is 18.4. The topological polar surface area (TPSA) is 82.9 Å². The minimum atomic E-state index is 0.578. The van der Waals surface area contributed by atoms with Gasteiger partial charge in [0.15, 0.2) is 4.96 Å². The highest BCUT2D eigenvalue weighted by Gasteiger charge is 2.19. The summed E-state index contributed by atoms with van der Waals surface area (Å²) in [5.74, 6) is 0.578. The van der Waals surface area contributed by atoms with Crippen LogP contribution in [0.3, 0.4) is 0 Å². The number of aromatic nitrogens is 4. The molecule has 1 aliphatic heterocycles. The van der Waals surface area contributed by atoms with E-state index in [1.165, 1.54) is 23.4 Å². The number of fused-ring (bicyclic) bond motifs is 1. The summed E-state index contributed by atoms with van der Waals surface area (Å²) in [7, 11) is 0. The number of hydrogen-bond acceptors (Lipinski definition) is 10. The molecule has 0 atom stereocenters. The van der Waals surface area contributed by atoms with Crippen LogP contribution in [0.2, 0.25) is 0 Å². The van der Waals surface area contributed by atoms with Crippen molar-refractivity contribution in [2.75, 3.05) is 31.5 Å². The van der Waals surface area contributed by atoms with E-state index in [0.717, 1.165) is 47.2 Å². The molecule has 0 spiro atoms. The molecule has 11 heteroatoms. The molecule has 0 bridgehead atoms. The Morgan fingerprint density at radius 2 is 1.89 bits per heavy atom. The van der Waals surface area contributed by atoms with Gasteiger partial charge in [0.05, 0.1) is 11.4 Å². The fourth-order valence-electron chi connectivity index (χ4n) is 4.31. The van der Waals surface area contributed by atoms with Crippen LogP contribution in [-0.2, 0) is 10.8 Å². The lowest BCUT2D eigenvalue weighted by molar-refractivity contribution is -0.0308. The predicted molar refractivity (Wildman–Crippen MR) is 153 cm³/mol. The predicted octanol–water partition coefficient (Wildman–Crippen LogP) is 5.06. The van der Waals surface area contributed by atoms with Gasteiger partial charge in [0.25, 0.3) is 0 Å². The molecule has 2 N–H and O–H groups in total. The average molecular weight is 545 g/mol. The summed E-state index contributed by atoms with van der Waals surface area (Å²) in [6, 6.07) is 20.8. The molecule has 3 aromatic heterocycles. The third kappa shape index (κ3) is 5.73. The van der Waals surface area contributed by atoms with Crippen LogP contribution in [-0.4, -0.2) is 55.6 Å². The van der Waals surface area contributed by atoms with Crippen molar-refractivity contribution < 1.29 is 4.28 Å². The van der Waals surface area contributed by atoms with Gasteiger partial charge in [-0.3, -0.25) is 4.40 Å². The summed E-state index contributed by atoms with van der Waals surface area (Å²) in [5.41, 5.74) is 6.26. The van der Waals surface area contributed by atoms with E-state index in [4.69, 9.17) is 14.3 Å². The summed E-state index contributed by atoms with van der Waals surface area (Å²) < 4.78 is 7.91. The van der Waals surface area contributed by atoms with Gasteiger partial charge in [-0.25, -0.2) is 24.2 Å². The van der Waals surface area contributed by atoms with E-state index in [-0.39, 0.29) is 0 Å². The summed E-state index contributed by atoms with van der Waals surface area (Å²) in [6.07, 6.45) is 3.83. The van der Waals surface area contributed by atoms with Crippen molar-refractivity contribution in [2.45, 2.75) is 13.5 Å². The quantitative estimate of drug-likeness (QED) is 0.206. The number of thiazole rings is 1. The number of hydrazine groups is 1. The molecular formula is C27H28N8OS2. The van der Waals surface area contributed by atoms with Crippen molar-refractivity contribution in [2.24, 2.45) is 0 Å². The Morgan fingerprint density at radius 1 is 1.03 bits per heavy atom. The van der Waals surface area contributed by atoms with Crippen LogP contribution in [0, 0.1) is 6.92 Å². The van der Waals surface area contributed by atoms with Crippen molar-refractivity contribution in [1.29, 1.82) is 0 Å². The number of benzene rings is 2.